The Morgan fingerprint density at radius 1 is 1.12 bits per heavy atom. The number of esters is 1. The molecule has 0 saturated carbocycles. The standard InChI is InChI=1S/C31H34F2N4O3.C2H6/c1-6-23-17-27(30(38)37-13-9-7-8-10-20(37)3)35-28(36(23)4)14-19(2)24-12-11-21(15-25(24)32)22-16-26(33)29(34-18-22)31(39)40-5;1-2/h11-12,14-18,20H,2,6-10,13H2,1,3-5H3;1-2H3/b28-14-;. The molecule has 9 heteroatoms. The number of hydrogen-bond acceptors (Lipinski definition) is 6. The number of rotatable bonds is 6. The Kier molecular flexibility index (Phi) is 11.3. The van der Waals surface area contributed by atoms with Crippen molar-refractivity contribution >= 4 is 23.2 Å². The molecule has 1 amide bonds. The van der Waals surface area contributed by atoms with E-state index in [1.165, 1.54) is 12.3 Å². The number of carbonyl (C=O) groups excluding carboxylic acids is 2. The number of pyridine rings is 1. The number of nitrogens with zero attached hydrogens (tertiary/aromatic N) is 4. The molecule has 2 aromatic rings. The molecule has 0 radical (unpaired) electrons. The molecule has 1 aromatic heterocycles. The average molecular weight is 579 g/mol. The maximum atomic E-state index is 15.3. The Morgan fingerprint density at radius 2 is 1.83 bits per heavy atom. The number of carbonyl (C=O) groups is 2. The number of benzene rings is 1. The molecule has 7 nitrogen and oxygen atoms in total. The van der Waals surface area contributed by atoms with Gasteiger partial charge in [-0.1, -0.05) is 52.3 Å². The van der Waals surface area contributed by atoms with Crippen molar-refractivity contribution in [2.24, 2.45) is 4.99 Å². The summed E-state index contributed by atoms with van der Waals surface area (Å²) in [5, 5.41) is 0. The van der Waals surface area contributed by atoms with Gasteiger partial charge in [-0.25, -0.2) is 23.6 Å². The second kappa shape index (κ2) is 14.7. The summed E-state index contributed by atoms with van der Waals surface area (Å²) in [6.45, 7) is 12.8. The van der Waals surface area contributed by atoms with E-state index in [0.717, 1.165) is 44.6 Å². The molecule has 42 heavy (non-hydrogen) atoms. The van der Waals surface area contributed by atoms with Crippen molar-refractivity contribution in [1.82, 2.24) is 14.8 Å². The first-order chi connectivity index (χ1) is 20.1. The molecule has 224 valence electrons. The molecular formula is C33H40F2N4O3. The van der Waals surface area contributed by atoms with Crippen molar-refractivity contribution in [3.05, 3.63) is 83.6 Å². The van der Waals surface area contributed by atoms with Crippen molar-refractivity contribution < 1.29 is 23.1 Å². The van der Waals surface area contributed by atoms with Gasteiger partial charge < -0.3 is 14.5 Å². The lowest BCUT2D eigenvalue weighted by Crippen LogP contribution is -2.43. The molecule has 0 N–H and O–H groups in total. The van der Waals surface area contributed by atoms with Crippen LogP contribution in [0.25, 0.3) is 16.7 Å². The lowest BCUT2D eigenvalue weighted by Gasteiger charge is -2.31. The number of allylic oxidation sites excluding steroid dienone is 3. The maximum Gasteiger partial charge on any atom is 0.359 e. The minimum absolute atomic E-state index is 0.0976. The highest BCUT2D eigenvalue weighted by Crippen LogP contribution is 2.29. The van der Waals surface area contributed by atoms with Crippen molar-refractivity contribution in [1.29, 1.82) is 0 Å². The molecule has 4 rings (SSSR count). The van der Waals surface area contributed by atoms with Crippen LogP contribution in [0.3, 0.4) is 0 Å². The van der Waals surface area contributed by atoms with Crippen LogP contribution in [0.15, 0.2) is 65.7 Å². The Bertz CT molecular complexity index is 1430. The molecule has 0 aliphatic carbocycles. The average Bonchev–Trinajstić information content (AvgIpc) is 3.22. The molecule has 2 aliphatic rings. The van der Waals surface area contributed by atoms with Gasteiger partial charge in [0.2, 0.25) is 0 Å². The molecular weight excluding hydrogens is 538 g/mol. The van der Waals surface area contributed by atoms with Gasteiger partial charge in [-0.3, -0.25) is 4.79 Å². The highest BCUT2D eigenvalue weighted by atomic mass is 19.1. The van der Waals surface area contributed by atoms with Crippen molar-refractivity contribution in [2.45, 2.75) is 65.8 Å². The lowest BCUT2D eigenvalue weighted by atomic mass is 10.0. The normalized spacial score (nSPS) is 17.9. The third-order valence-electron chi connectivity index (χ3n) is 7.38. The third kappa shape index (κ3) is 7.19. The minimum Gasteiger partial charge on any atom is -0.464 e. The van der Waals surface area contributed by atoms with Gasteiger partial charge in [-0.15, -0.1) is 0 Å². The number of aliphatic imine (C=N–C) groups is 1. The Hall–Kier alpha value is -4.14. The van der Waals surface area contributed by atoms with E-state index in [0.29, 0.717) is 41.2 Å². The van der Waals surface area contributed by atoms with E-state index < -0.39 is 23.3 Å². The topological polar surface area (TPSA) is 75.1 Å². The number of amides is 1. The molecule has 3 heterocycles. The van der Waals surface area contributed by atoms with Gasteiger partial charge in [0.25, 0.3) is 5.91 Å². The number of methoxy groups -OCH3 is 1. The number of ether oxygens (including phenoxy) is 1. The van der Waals surface area contributed by atoms with E-state index in [1.807, 2.05) is 43.7 Å². The predicted octanol–water partition coefficient (Wildman–Crippen LogP) is 7.17. The minimum atomic E-state index is -0.892. The van der Waals surface area contributed by atoms with Gasteiger partial charge in [0.05, 0.1) is 7.11 Å². The molecule has 1 saturated heterocycles. The lowest BCUT2D eigenvalue weighted by molar-refractivity contribution is -0.125. The summed E-state index contributed by atoms with van der Waals surface area (Å²) in [7, 11) is 2.99. The van der Waals surface area contributed by atoms with Crippen LogP contribution in [0.5, 0.6) is 0 Å². The highest BCUT2D eigenvalue weighted by molar-refractivity contribution is 6.43. The Morgan fingerprint density at radius 3 is 2.48 bits per heavy atom. The van der Waals surface area contributed by atoms with Gasteiger partial charge in [0, 0.05) is 42.7 Å². The van der Waals surface area contributed by atoms with Gasteiger partial charge in [-0.2, -0.15) is 0 Å². The third-order valence-corrected chi connectivity index (χ3v) is 7.38. The first-order valence-corrected chi connectivity index (χ1v) is 14.4. The van der Waals surface area contributed by atoms with Crippen LogP contribution in [0, 0.1) is 11.6 Å². The predicted molar refractivity (Wildman–Crippen MR) is 163 cm³/mol. The number of halogens is 2. The van der Waals surface area contributed by atoms with Crippen LogP contribution in [0.4, 0.5) is 8.78 Å². The zero-order valence-corrected chi connectivity index (χ0v) is 25.3. The number of aromatic nitrogens is 1. The zero-order valence-electron chi connectivity index (χ0n) is 25.3. The van der Waals surface area contributed by atoms with Gasteiger partial charge in [0.1, 0.15) is 17.3 Å². The summed E-state index contributed by atoms with van der Waals surface area (Å²) in [6, 6.07) is 5.68. The summed E-state index contributed by atoms with van der Waals surface area (Å²) in [6.07, 6.45) is 9.62. The molecule has 2 aliphatic heterocycles. The van der Waals surface area contributed by atoms with Crippen LogP contribution in [-0.2, 0) is 9.53 Å². The monoisotopic (exact) mass is 578 g/mol. The van der Waals surface area contributed by atoms with Crippen LogP contribution in [0.1, 0.15) is 75.9 Å². The molecule has 1 unspecified atom stereocenters. The van der Waals surface area contributed by atoms with Crippen molar-refractivity contribution in [2.75, 3.05) is 20.7 Å². The van der Waals surface area contributed by atoms with Gasteiger partial charge >= 0.3 is 5.97 Å². The SMILES string of the molecule is C=C(/C=C1/N=C(C(=O)N2CCCCCC2C)C=C(CC)N1C)c1ccc(-c2cnc(C(=O)OC)c(F)c2)cc1F.CC. The second-order valence-corrected chi connectivity index (χ2v) is 10.0. The van der Waals surface area contributed by atoms with Gasteiger partial charge in [-0.05, 0) is 61.6 Å². The fourth-order valence-electron chi connectivity index (χ4n) is 4.97. The summed E-state index contributed by atoms with van der Waals surface area (Å²) < 4.78 is 34.1. The van der Waals surface area contributed by atoms with Crippen molar-refractivity contribution in [3.8, 4) is 11.1 Å². The molecule has 0 spiro atoms. The highest BCUT2D eigenvalue weighted by Gasteiger charge is 2.28. The van der Waals surface area contributed by atoms with E-state index in [9.17, 15) is 14.0 Å². The smallest absolute Gasteiger partial charge is 0.359 e. The molecule has 0 bridgehead atoms. The van der Waals surface area contributed by atoms with E-state index >= 15 is 4.39 Å². The number of likely N-dealkylation sites (tertiary alicyclic amines) is 1. The van der Waals surface area contributed by atoms with E-state index in [4.69, 9.17) is 0 Å². The summed E-state index contributed by atoms with van der Waals surface area (Å²) in [5.74, 6) is -1.93. The van der Waals surface area contributed by atoms with Gasteiger partial charge in [0.15, 0.2) is 11.5 Å². The largest absolute Gasteiger partial charge is 0.464 e. The van der Waals surface area contributed by atoms with Crippen LogP contribution in [0.2, 0.25) is 0 Å². The number of hydrogen-bond donors (Lipinski definition) is 0. The Labute approximate surface area is 247 Å². The van der Waals surface area contributed by atoms with E-state index in [-0.39, 0.29) is 17.5 Å². The quantitative estimate of drug-likeness (QED) is 0.340. The fourth-order valence-corrected chi connectivity index (χ4v) is 4.97. The molecule has 1 aromatic carbocycles. The van der Waals surface area contributed by atoms with Crippen LogP contribution in [-0.4, -0.2) is 59.1 Å². The molecule has 1 fully saturated rings. The summed E-state index contributed by atoms with van der Waals surface area (Å²) in [5.41, 5.74) is 2.13. The molecule has 1 atom stereocenters. The zero-order chi connectivity index (χ0) is 31.0. The van der Waals surface area contributed by atoms with Crippen LogP contribution < -0.4 is 0 Å². The second-order valence-electron chi connectivity index (χ2n) is 10.0. The van der Waals surface area contributed by atoms with Crippen molar-refractivity contribution in [3.63, 3.8) is 0 Å². The summed E-state index contributed by atoms with van der Waals surface area (Å²) >= 11 is 0. The van der Waals surface area contributed by atoms with Crippen LogP contribution >= 0.6 is 0 Å². The maximum absolute atomic E-state index is 15.3. The Balaban J connectivity index is 0.00000237. The fraction of sp³-hybridized carbons (Fsp3) is 0.394. The van der Waals surface area contributed by atoms with E-state index in [2.05, 4.69) is 28.2 Å². The first kappa shape index (κ1) is 32.4. The summed E-state index contributed by atoms with van der Waals surface area (Å²) in [4.78, 5) is 37.4. The van der Waals surface area contributed by atoms with E-state index in [1.54, 1.807) is 18.2 Å². The first-order valence-electron chi connectivity index (χ1n) is 14.4.